The lowest BCUT2D eigenvalue weighted by Gasteiger charge is -2.16. The summed E-state index contributed by atoms with van der Waals surface area (Å²) in [5.74, 6) is 0.103. The summed E-state index contributed by atoms with van der Waals surface area (Å²) in [6, 6.07) is 5.90. The van der Waals surface area contributed by atoms with Gasteiger partial charge in [0.15, 0.2) is 0 Å². The standard InChI is InChI=1S/C13H18BrNO3/c1-15(8-6-13(16)17)7-5-10-9-11(14)3-4-12(10)18-2/h3-4,9H,5-8H2,1-2H3,(H,16,17). The summed E-state index contributed by atoms with van der Waals surface area (Å²) in [4.78, 5) is 12.5. The third kappa shape index (κ3) is 5.06. The van der Waals surface area contributed by atoms with E-state index in [0.717, 1.165) is 28.8 Å². The molecule has 0 fully saturated rings. The van der Waals surface area contributed by atoms with Crippen molar-refractivity contribution < 1.29 is 14.6 Å². The van der Waals surface area contributed by atoms with Crippen molar-refractivity contribution in [1.82, 2.24) is 4.90 Å². The lowest BCUT2D eigenvalue weighted by molar-refractivity contribution is -0.137. The number of hydrogen-bond acceptors (Lipinski definition) is 3. The summed E-state index contributed by atoms with van der Waals surface area (Å²) in [7, 11) is 3.58. The van der Waals surface area contributed by atoms with Crippen LogP contribution in [0.3, 0.4) is 0 Å². The molecule has 1 N–H and O–H groups in total. The maximum atomic E-state index is 10.5. The van der Waals surface area contributed by atoms with Crippen LogP contribution in [-0.2, 0) is 11.2 Å². The van der Waals surface area contributed by atoms with Gasteiger partial charge >= 0.3 is 5.97 Å². The van der Waals surface area contributed by atoms with Gasteiger partial charge in [-0.1, -0.05) is 15.9 Å². The number of methoxy groups -OCH3 is 1. The lowest BCUT2D eigenvalue weighted by atomic mass is 10.1. The van der Waals surface area contributed by atoms with E-state index in [1.54, 1.807) is 7.11 Å². The monoisotopic (exact) mass is 315 g/mol. The molecule has 0 radical (unpaired) electrons. The average molecular weight is 316 g/mol. The van der Waals surface area contributed by atoms with Crippen molar-refractivity contribution in [2.75, 3.05) is 27.2 Å². The number of hydrogen-bond donors (Lipinski definition) is 1. The molecule has 5 heteroatoms. The van der Waals surface area contributed by atoms with Crippen LogP contribution in [0.25, 0.3) is 0 Å². The zero-order valence-corrected chi connectivity index (χ0v) is 12.2. The van der Waals surface area contributed by atoms with Crippen LogP contribution in [0.1, 0.15) is 12.0 Å². The molecule has 0 bridgehead atoms. The molecule has 1 rings (SSSR count). The van der Waals surface area contributed by atoms with Crippen LogP contribution in [0.2, 0.25) is 0 Å². The Morgan fingerprint density at radius 2 is 2.17 bits per heavy atom. The van der Waals surface area contributed by atoms with E-state index in [9.17, 15) is 4.79 Å². The molecular formula is C13H18BrNO3. The molecule has 0 amide bonds. The molecule has 0 spiro atoms. The maximum absolute atomic E-state index is 10.5. The van der Waals surface area contributed by atoms with Crippen molar-refractivity contribution >= 4 is 21.9 Å². The molecule has 0 aromatic heterocycles. The first-order valence-corrected chi connectivity index (χ1v) is 6.55. The number of rotatable bonds is 7. The number of carboxylic acid groups (broad SMARTS) is 1. The summed E-state index contributed by atoms with van der Waals surface area (Å²) < 4.78 is 6.32. The highest BCUT2D eigenvalue weighted by molar-refractivity contribution is 9.10. The summed E-state index contributed by atoms with van der Waals surface area (Å²) >= 11 is 3.44. The number of carbonyl (C=O) groups is 1. The topological polar surface area (TPSA) is 49.8 Å². The molecule has 0 aliphatic carbocycles. The van der Waals surface area contributed by atoms with Crippen molar-refractivity contribution in [2.45, 2.75) is 12.8 Å². The van der Waals surface area contributed by atoms with Crippen LogP contribution in [-0.4, -0.2) is 43.2 Å². The maximum Gasteiger partial charge on any atom is 0.304 e. The first-order valence-electron chi connectivity index (χ1n) is 5.75. The second-order valence-corrected chi connectivity index (χ2v) is 5.07. The number of aliphatic carboxylic acids is 1. The van der Waals surface area contributed by atoms with Crippen LogP contribution in [0.5, 0.6) is 5.75 Å². The van der Waals surface area contributed by atoms with Gasteiger partial charge in [-0.25, -0.2) is 0 Å². The van der Waals surface area contributed by atoms with Gasteiger partial charge in [-0.05, 0) is 37.2 Å². The van der Waals surface area contributed by atoms with Gasteiger partial charge in [0.2, 0.25) is 0 Å². The highest BCUT2D eigenvalue weighted by Crippen LogP contribution is 2.23. The third-order valence-electron chi connectivity index (χ3n) is 2.71. The van der Waals surface area contributed by atoms with Crippen molar-refractivity contribution in [1.29, 1.82) is 0 Å². The molecular weight excluding hydrogens is 298 g/mol. The van der Waals surface area contributed by atoms with E-state index in [-0.39, 0.29) is 6.42 Å². The summed E-state index contributed by atoms with van der Waals surface area (Å²) in [5.41, 5.74) is 1.12. The normalized spacial score (nSPS) is 10.7. The predicted molar refractivity (Wildman–Crippen MR) is 74.1 cm³/mol. The fourth-order valence-corrected chi connectivity index (χ4v) is 2.06. The molecule has 0 unspecified atom stereocenters. The molecule has 100 valence electrons. The minimum atomic E-state index is -0.762. The molecule has 0 saturated carbocycles. The van der Waals surface area contributed by atoms with E-state index < -0.39 is 5.97 Å². The molecule has 0 aliphatic rings. The second-order valence-electron chi connectivity index (χ2n) is 4.15. The Bertz CT molecular complexity index is 409. The van der Waals surface area contributed by atoms with E-state index in [1.165, 1.54) is 0 Å². The molecule has 0 atom stereocenters. The van der Waals surface area contributed by atoms with Gasteiger partial charge in [-0.2, -0.15) is 0 Å². The summed E-state index contributed by atoms with van der Waals surface area (Å²) in [5, 5.41) is 8.61. The van der Waals surface area contributed by atoms with Gasteiger partial charge in [0.1, 0.15) is 5.75 Å². The largest absolute Gasteiger partial charge is 0.496 e. The molecule has 1 aromatic rings. The van der Waals surface area contributed by atoms with E-state index in [1.807, 2.05) is 30.1 Å². The fraction of sp³-hybridized carbons (Fsp3) is 0.462. The highest BCUT2D eigenvalue weighted by atomic mass is 79.9. The van der Waals surface area contributed by atoms with Crippen LogP contribution in [0, 0.1) is 0 Å². The average Bonchev–Trinajstić information content (AvgIpc) is 2.34. The van der Waals surface area contributed by atoms with Gasteiger partial charge in [0.05, 0.1) is 13.5 Å². The second kappa shape index (κ2) is 7.38. The highest BCUT2D eigenvalue weighted by Gasteiger charge is 2.07. The fourth-order valence-electron chi connectivity index (χ4n) is 1.65. The quantitative estimate of drug-likeness (QED) is 0.839. The molecule has 18 heavy (non-hydrogen) atoms. The van der Waals surface area contributed by atoms with Crippen LogP contribution in [0.15, 0.2) is 22.7 Å². The SMILES string of the molecule is COc1ccc(Br)cc1CCN(C)CCC(=O)O. The Labute approximate surface area is 116 Å². The van der Waals surface area contributed by atoms with E-state index in [2.05, 4.69) is 15.9 Å². The van der Waals surface area contributed by atoms with Gasteiger partial charge in [0, 0.05) is 17.6 Å². The zero-order valence-electron chi connectivity index (χ0n) is 10.6. The number of carboxylic acids is 1. The Balaban J connectivity index is 2.52. The molecule has 1 aromatic carbocycles. The summed E-state index contributed by atoms with van der Waals surface area (Å²) in [6.07, 6.45) is 1.00. The first-order chi connectivity index (χ1) is 8.52. The minimum absolute atomic E-state index is 0.173. The zero-order chi connectivity index (χ0) is 13.5. The van der Waals surface area contributed by atoms with Gasteiger partial charge in [0.25, 0.3) is 0 Å². The van der Waals surface area contributed by atoms with Crippen LogP contribution in [0.4, 0.5) is 0 Å². The Hall–Kier alpha value is -1.07. The number of benzene rings is 1. The van der Waals surface area contributed by atoms with Crippen molar-refractivity contribution in [2.24, 2.45) is 0 Å². The van der Waals surface area contributed by atoms with Gasteiger partial charge < -0.3 is 14.7 Å². The van der Waals surface area contributed by atoms with E-state index >= 15 is 0 Å². The Morgan fingerprint density at radius 1 is 1.44 bits per heavy atom. The molecule has 4 nitrogen and oxygen atoms in total. The number of halogens is 1. The summed E-state index contributed by atoms with van der Waals surface area (Å²) in [6.45, 7) is 1.37. The van der Waals surface area contributed by atoms with E-state index in [4.69, 9.17) is 9.84 Å². The Morgan fingerprint density at radius 3 is 2.78 bits per heavy atom. The van der Waals surface area contributed by atoms with Crippen molar-refractivity contribution in [3.05, 3.63) is 28.2 Å². The van der Waals surface area contributed by atoms with Gasteiger partial charge in [-0.15, -0.1) is 0 Å². The van der Waals surface area contributed by atoms with Crippen LogP contribution >= 0.6 is 15.9 Å². The first kappa shape index (κ1) is 15.0. The molecule has 0 aliphatic heterocycles. The predicted octanol–water partition coefficient (Wildman–Crippen LogP) is 2.41. The Kier molecular flexibility index (Phi) is 6.15. The number of likely N-dealkylation sites (N-methyl/N-ethyl adjacent to an activating group) is 1. The third-order valence-corrected chi connectivity index (χ3v) is 3.21. The minimum Gasteiger partial charge on any atom is -0.496 e. The van der Waals surface area contributed by atoms with Gasteiger partial charge in [-0.3, -0.25) is 4.79 Å². The van der Waals surface area contributed by atoms with Crippen molar-refractivity contribution in [3.8, 4) is 5.75 Å². The lowest BCUT2D eigenvalue weighted by Crippen LogP contribution is -2.24. The van der Waals surface area contributed by atoms with Crippen molar-refractivity contribution in [3.63, 3.8) is 0 Å². The number of ether oxygens (including phenoxy) is 1. The molecule has 0 saturated heterocycles. The molecule has 0 heterocycles. The smallest absolute Gasteiger partial charge is 0.304 e. The van der Waals surface area contributed by atoms with E-state index in [0.29, 0.717) is 6.54 Å². The number of nitrogens with zero attached hydrogens (tertiary/aromatic N) is 1. The van der Waals surface area contributed by atoms with Crippen LogP contribution < -0.4 is 4.74 Å².